The van der Waals surface area contributed by atoms with E-state index in [1.807, 2.05) is 17.0 Å². The van der Waals surface area contributed by atoms with Crippen LogP contribution in [0.1, 0.15) is 55.2 Å². The van der Waals surface area contributed by atoms with Crippen molar-refractivity contribution in [3.63, 3.8) is 0 Å². The van der Waals surface area contributed by atoms with E-state index in [0.717, 1.165) is 44.5 Å². The molecule has 3 aliphatic rings. The van der Waals surface area contributed by atoms with E-state index >= 15 is 0 Å². The maximum absolute atomic E-state index is 14.8. The molecule has 7 nitrogen and oxygen atoms in total. The average Bonchev–Trinajstić information content (AvgIpc) is 3.23. The number of benzene rings is 2. The van der Waals surface area contributed by atoms with Crippen LogP contribution in [0.2, 0.25) is 0 Å². The van der Waals surface area contributed by atoms with Gasteiger partial charge < -0.3 is 19.9 Å². The van der Waals surface area contributed by atoms with Crippen molar-refractivity contribution in [2.45, 2.75) is 56.5 Å². The maximum Gasteiger partial charge on any atom is 0.254 e. The molecule has 2 aromatic rings. The molecule has 8 heteroatoms. The lowest BCUT2D eigenvalue weighted by Crippen LogP contribution is -2.61. The minimum atomic E-state index is -1.39. The summed E-state index contributed by atoms with van der Waals surface area (Å²) in [6.45, 7) is 3.71. The summed E-state index contributed by atoms with van der Waals surface area (Å²) in [6, 6.07) is 9.93. The zero-order chi connectivity index (χ0) is 26.9. The number of fused-ring (bicyclic) bond motifs is 1. The second-order valence-electron chi connectivity index (χ2n) is 11.0. The van der Waals surface area contributed by atoms with Crippen LogP contribution in [0.4, 0.5) is 10.1 Å². The molecule has 5 rings (SSSR count). The van der Waals surface area contributed by atoms with Crippen molar-refractivity contribution in [3.8, 4) is 5.75 Å². The molecule has 2 aromatic carbocycles. The van der Waals surface area contributed by atoms with Gasteiger partial charge in [-0.15, -0.1) is 0 Å². The highest BCUT2D eigenvalue weighted by Gasteiger charge is 2.57. The maximum atomic E-state index is 14.8. The third-order valence-corrected chi connectivity index (χ3v) is 8.43. The Labute approximate surface area is 224 Å². The number of methoxy groups -OCH3 is 1. The third-order valence-electron chi connectivity index (χ3n) is 8.43. The van der Waals surface area contributed by atoms with Gasteiger partial charge in [-0.1, -0.05) is 18.9 Å². The fraction of sp³-hybridized carbons (Fsp3) is 0.533. The zero-order valence-electron chi connectivity index (χ0n) is 22.8. The summed E-state index contributed by atoms with van der Waals surface area (Å²) in [5.74, 6) is -0.192. The van der Waals surface area contributed by atoms with Gasteiger partial charge in [-0.3, -0.25) is 14.5 Å². The number of hydrogen-bond acceptors (Lipinski definition) is 5. The number of ether oxygens (including phenoxy) is 1. The molecule has 38 heavy (non-hydrogen) atoms. The first-order valence-corrected chi connectivity index (χ1v) is 13.9. The minimum Gasteiger partial charge on any atom is -0.496 e. The smallest absolute Gasteiger partial charge is 0.254 e. The predicted octanol–water partition coefficient (Wildman–Crippen LogP) is 4.00. The summed E-state index contributed by atoms with van der Waals surface area (Å²) in [5.41, 5.74) is 1.47. The van der Waals surface area contributed by atoms with Crippen LogP contribution in [-0.2, 0) is 21.5 Å². The van der Waals surface area contributed by atoms with Crippen molar-refractivity contribution < 1.29 is 18.7 Å². The van der Waals surface area contributed by atoms with Gasteiger partial charge in [-0.2, -0.15) is 0 Å². The number of likely N-dealkylation sites (N-methyl/N-ethyl adjacent to an activating group) is 1. The number of rotatable bonds is 7. The Morgan fingerprint density at radius 2 is 1.82 bits per heavy atom. The van der Waals surface area contributed by atoms with Gasteiger partial charge in [0, 0.05) is 44.0 Å². The largest absolute Gasteiger partial charge is 0.496 e. The highest BCUT2D eigenvalue weighted by Crippen LogP contribution is 2.51. The summed E-state index contributed by atoms with van der Waals surface area (Å²) in [4.78, 5) is 33.8. The van der Waals surface area contributed by atoms with Crippen LogP contribution in [0, 0.1) is 5.82 Å². The van der Waals surface area contributed by atoms with Crippen molar-refractivity contribution in [2.24, 2.45) is 0 Å². The van der Waals surface area contributed by atoms with Gasteiger partial charge in [0.25, 0.3) is 5.91 Å². The molecule has 2 atom stereocenters. The molecule has 1 N–H and O–H groups in total. The first kappa shape index (κ1) is 26.6. The van der Waals surface area contributed by atoms with E-state index in [1.165, 1.54) is 31.4 Å². The quantitative estimate of drug-likeness (QED) is 0.596. The van der Waals surface area contributed by atoms with Crippen LogP contribution in [0.15, 0.2) is 36.4 Å². The van der Waals surface area contributed by atoms with Crippen LogP contribution in [0.5, 0.6) is 5.75 Å². The van der Waals surface area contributed by atoms with Crippen LogP contribution in [0.25, 0.3) is 0 Å². The van der Waals surface area contributed by atoms with Crippen LogP contribution >= 0.6 is 0 Å². The number of nitrogens with zero attached hydrogens (tertiary/aromatic N) is 3. The Morgan fingerprint density at radius 3 is 2.55 bits per heavy atom. The lowest BCUT2D eigenvalue weighted by Gasteiger charge is -2.47. The number of nitrogens with one attached hydrogen (secondary N) is 1. The van der Waals surface area contributed by atoms with Crippen LogP contribution < -0.4 is 10.1 Å². The predicted molar refractivity (Wildman–Crippen MR) is 146 cm³/mol. The zero-order valence-corrected chi connectivity index (χ0v) is 22.8. The lowest BCUT2D eigenvalue weighted by atomic mass is 9.78. The third kappa shape index (κ3) is 4.69. The molecule has 3 heterocycles. The molecule has 0 aliphatic carbocycles. The Balaban J connectivity index is 1.66. The highest BCUT2D eigenvalue weighted by molar-refractivity contribution is 6.09. The number of amides is 2. The summed E-state index contributed by atoms with van der Waals surface area (Å²) < 4.78 is 20.7. The molecule has 3 aliphatic heterocycles. The number of hydrogen-bond donors (Lipinski definition) is 1. The first-order valence-electron chi connectivity index (χ1n) is 13.9. The van der Waals surface area contributed by atoms with Gasteiger partial charge in [0.05, 0.1) is 13.2 Å². The molecular weight excluding hydrogens is 483 g/mol. The summed E-state index contributed by atoms with van der Waals surface area (Å²) in [5, 5.41) is 3.02. The van der Waals surface area contributed by atoms with Crippen LogP contribution in [-0.4, -0.2) is 79.9 Å². The van der Waals surface area contributed by atoms with Crippen molar-refractivity contribution in [2.75, 3.05) is 52.7 Å². The monoisotopic (exact) mass is 522 g/mol. The molecule has 2 fully saturated rings. The van der Waals surface area contributed by atoms with E-state index < -0.39 is 17.4 Å². The van der Waals surface area contributed by atoms with E-state index in [0.29, 0.717) is 35.5 Å². The summed E-state index contributed by atoms with van der Waals surface area (Å²) in [7, 11) is 5.08. The van der Waals surface area contributed by atoms with E-state index in [2.05, 4.69) is 16.3 Å². The Hall–Kier alpha value is -2.97. The lowest BCUT2D eigenvalue weighted by molar-refractivity contribution is -0.142. The molecule has 2 saturated heterocycles. The second-order valence-corrected chi connectivity index (χ2v) is 11.0. The number of carbonyl (C=O) groups excluding carboxylic acids is 2. The number of carbonyl (C=O) groups is 2. The van der Waals surface area contributed by atoms with Gasteiger partial charge >= 0.3 is 0 Å². The Bertz CT molecular complexity index is 1200. The number of halogens is 1. The summed E-state index contributed by atoms with van der Waals surface area (Å²) in [6.07, 6.45) is 6.96. The fourth-order valence-electron chi connectivity index (χ4n) is 6.52. The van der Waals surface area contributed by atoms with Gasteiger partial charge in [0.1, 0.15) is 11.6 Å². The molecule has 0 radical (unpaired) electrons. The highest BCUT2D eigenvalue weighted by atomic mass is 19.1. The molecular formula is C30H39FN4O3. The average molecular weight is 523 g/mol. The van der Waals surface area contributed by atoms with Crippen LogP contribution in [0.3, 0.4) is 0 Å². The van der Waals surface area contributed by atoms with Crippen molar-refractivity contribution in [3.05, 3.63) is 58.9 Å². The summed E-state index contributed by atoms with van der Waals surface area (Å²) >= 11 is 0. The molecule has 0 saturated carbocycles. The second kappa shape index (κ2) is 11.0. The molecule has 0 aromatic heterocycles. The molecule has 204 valence electrons. The number of anilines is 1. The van der Waals surface area contributed by atoms with Crippen molar-refractivity contribution >= 4 is 17.5 Å². The van der Waals surface area contributed by atoms with Gasteiger partial charge in [-0.25, -0.2) is 4.39 Å². The van der Waals surface area contributed by atoms with Gasteiger partial charge in [-0.05, 0) is 81.1 Å². The standard InChI is InChI=1S/C30H39FN4O3/c1-33(2)28(36)26-9-5-8-17-35(26)30(23-20-22(31)11-12-25(23)32-29(30)37)24-19-21(10-13-27(24)38-3)14-18-34-15-6-4-7-16-34/h10-13,19-20,26H,4-9,14-18H2,1-3H3,(H,32,37)/t26-,30?/m0/s1. The number of piperidine rings is 2. The normalized spacial score (nSPS) is 24.1. The minimum absolute atomic E-state index is 0.0538. The Morgan fingerprint density at radius 1 is 1.05 bits per heavy atom. The molecule has 0 spiro atoms. The number of likely N-dealkylation sites (tertiary alicyclic amines) is 2. The van der Waals surface area contributed by atoms with Crippen molar-refractivity contribution in [1.82, 2.24) is 14.7 Å². The van der Waals surface area contributed by atoms with Gasteiger partial charge in [0.2, 0.25) is 5.91 Å². The fourth-order valence-corrected chi connectivity index (χ4v) is 6.52. The van der Waals surface area contributed by atoms with E-state index in [9.17, 15) is 14.0 Å². The topological polar surface area (TPSA) is 65.1 Å². The first-order chi connectivity index (χ1) is 18.4. The SMILES string of the molecule is COc1ccc(CCN2CCCCC2)cc1C1(N2CCCC[C@H]2C(=O)N(C)C)C(=O)Nc2ccc(F)cc21. The van der Waals surface area contributed by atoms with Gasteiger partial charge in [0.15, 0.2) is 5.54 Å². The molecule has 0 bridgehead atoms. The molecule has 1 unspecified atom stereocenters. The van der Waals surface area contributed by atoms with E-state index in [4.69, 9.17) is 4.74 Å². The van der Waals surface area contributed by atoms with E-state index in [1.54, 1.807) is 32.2 Å². The molecule has 2 amide bonds. The van der Waals surface area contributed by atoms with E-state index in [-0.39, 0.29) is 11.8 Å². The Kier molecular flexibility index (Phi) is 7.73. The van der Waals surface area contributed by atoms with Crippen molar-refractivity contribution in [1.29, 1.82) is 0 Å².